The maximum Gasteiger partial charge on any atom is 0.224 e. The number of methoxy groups -OCH3 is 2. The predicted molar refractivity (Wildman–Crippen MR) is 106 cm³/mol. The van der Waals surface area contributed by atoms with Crippen molar-refractivity contribution in [1.29, 1.82) is 0 Å². The molecule has 144 valence electrons. The lowest BCUT2D eigenvalue weighted by Crippen LogP contribution is -2.17. The zero-order chi connectivity index (χ0) is 19.6. The number of hydrogen-bond acceptors (Lipinski definition) is 4. The van der Waals surface area contributed by atoms with E-state index in [9.17, 15) is 9.59 Å². The first-order valence-corrected chi connectivity index (χ1v) is 8.88. The lowest BCUT2D eigenvalue weighted by molar-refractivity contribution is -0.118. The maximum absolute atomic E-state index is 12.1. The summed E-state index contributed by atoms with van der Waals surface area (Å²) >= 11 is 0. The van der Waals surface area contributed by atoms with Gasteiger partial charge in [0.1, 0.15) is 11.5 Å². The number of carbonyl (C=O) groups is 2. The van der Waals surface area contributed by atoms with Crippen LogP contribution in [0.25, 0.3) is 0 Å². The molecule has 0 aromatic heterocycles. The minimum atomic E-state index is -0.0671. The van der Waals surface area contributed by atoms with Gasteiger partial charge in [-0.1, -0.05) is 6.92 Å². The van der Waals surface area contributed by atoms with Gasteiger partial charge >= 0.3 is 0 Å². The zero-order valence-corrected chi connectivity index (χ0v) is 16.0. The summed E-state index contributed by atoms with van der Waals surface area (Å²) in [5.41, 5.74) is 1.45. The summed E-state index contributed by atoms with van der Waals surface area (Å²) in [7, 11) is 3.19. The first-order valence-electron chi connectivity index (χ1n) is 8.88. The number of anilines is 2. The molecule has 0 saturated heterocycles. The second-order valence-corrected chi connectivity index (χ2v) is 6.40. The second kappa shape index (κ2) is 10.2. The minimum absolute atomic E-state index is 0.0665. The highest BCUT2D eigenvalue weighted by Crippen LogP contribution is 2.18. The molecule has 0 fully saturated rings. The highest BCUT2D eigenvalue weighted by Gasteiger charge is 2.12. The van der Waals surface area contributed by atoms with Gasteiger partial charge in [0.2, 0.25) is 11.8 Å². The second-order valence-electron chi connectivity index (χ2n) is 6.40. The number of nitrogens with one attached hydrogen (secondary N) is 2. The maximum atomic E-state index is 12.1. The Balaban J connectivity index is 1.71. The van der Waals surface area contributed by atoms with Crippen LogP contribution in [0.2, 0.25) is 0 Å². The molecule has 1 atom stereocenters. The molecule has 0 aliphatic rings. The van der Waals surface area contributed by atoms with Crippen LogP contribution in [0.1, 0.15) is 26.2 Å². The predicted octanol–water partition coefficient (Wildman–Crippen LogP) is 4.09. The van der Waals surface area contributed by atoms with Crippen molar-refractivity contribution in [3.63, 3.8) is 0 Å². The van der Waals surface area contributed by atoms with E-state index in [0.29, 0.717) is 19.3 Å². The van der Waals surface area contributed by atoms with Crippen LogP contribution < -0.4 is 20.1 Å². The van der Waals surface area contributed by atoms with E-state index in [4.69, 9.17) is 9.47 Å². The number of benzene rings is 2. The molecule has 0 heterocycles. The van der Waals surface area contributed by atoms with E-state index in [1.165, 1.54) is 0 Å². The lowest BCUT2D eigenvalue weighted by Gasteiger charge is -2.12. The van der Waals surface area contributed by atoms with Gasteiger partial charge < -0.3 is 20.1 Å². The van der Waals surface area contributed by atoms with E-state index in [1.54, 1.807) is 62.8 Å². The van der Waals surface area contributed by atoms with Crippen molar-refractivity contribution in [2.75, 3.05) is 24.9 Å². The van der Waals surface area contributed by atoms with Gasteiger partial charge in [-0.25, -0.2) is 0 Å². The Morgan fingerprint density at radius 3 is 1.70 bits per heavy atom. The standard InChI is InChI=1S/C21H26N2O4/c1-15(14-21(25)23-17-7-11-19(27-3)12-8-17)4-13-20(24)22-16-5-9-18(26-2)10-6-16/h5-12,15H,4,13-14H2,1-3H3,(H,22,24)(H,23,25)/t15-/m0/s1. The quantitative estimate of drug-likeness (QED) is 0.697. The number of amides is 2. The highest BCUT2D eigenvalue weighted by atomic mass is 16.5. The van der Waals surface area contributed by atoms with Crippen molar-refractivity contribution in [3.05, 3.63) is 48.5 Å². The van der Waals surface area contributed by atoms with Crippen molar-refractivity contribution in [1.82, 2.24) is 0 Å². The number of rotatable bonds is 9. The van der Waals surface area contributed by atoms with Crippen LogP contribution in [0.4, 0.5) is 11.4 Å². The molecular formula is C21H26N2O4. The Morgan fingerprint density at radius 1 is 0.815 bits per heavy atom. The monoisotopic (exact) mass is 370 g/mol. The molecule has 0 saturated carbocycles. The van der Waals surface area contributed by atoms with Crippen molar-refractivity contribution < 1.29 is 19.1 Å². The first-order chi connectivity index (χ1) is 13.0. The summed E-state index contributed by atoms with van der Waals surface area (Å²) in [4.78, 5) is 24.2. The number of ether oxygens (including phenoxy) is 2. The Kier molecular flexibility index (Phi) is 7.67. The van der Waals surface area contributed by atoms with E-state index in [0.717, 1.165) is 22.9 Å². The fourth-order valence-corrected chi connectivity index (χ4v) is 2.58. The van der Waals surface area contributed by atoms with Crippen LogP contribution in [-0.2, 0) is 9.59 Å². The summed E-state index contributed by atoms with van der Waals surface area (Å²) < 4.78 is 10.2. The summed E-state index contributed by atoms with van der Waals surface area (Å²) in [6.07, 6.45) is 1.36. The lowest BCUT2D eigenvalue weighted by atomic mass is 10.0. The topological polar surface area (TPSA) is 76.7 Å². The third-order valence-electron chi connectivity index (χ3n) is 4.15. The molecule has 2 amide bonds. The molecule has 0 unspecified atom stereocenters. The van der Waals surface area contributed by atoms with Gasteiger partial charge in [-0.05, 0) is 60.9 Å². The smallest absolute Gasteiger partial charge is 0.224 e. The molecule has 0 radical (unpaired) electrons. The van der Waals surface area contributed by atoms with Crippen LogP contribution in [0.3, 0.4) is 0 Å². The van der Waals surface area contributed by atoms with Crippen LogP contribution in [0, 0.1) is 5.92 Å². The van der Waals surface area contributed by atoms with Crippen molar-refractivity contribution in [2.24, 2.45) is 5.92 Å². The molecule has 6 nitrogen and oxygen atoms in total. The minimum Gasteiger partial charge on any atom is -0.497 e. The molecule has 2 aromatic rings. The number of carbonyl (C=O) groups excluding carboxylic acids is 2. The van der Waals surface area contributed by atoms with Crippen LogP contribution >= 0.6 is 0 Å². The summed E-state index contributed by atoms with van der Waals surface area (Å²) in [6, 6.07) is 14.4. The zero-order valence-electron chi connectivity index (χ0n) is 16.0. The molecule has 2 N–H and O–H groups in total. The first kappa shape index (κ1) is 20.3. The van der Waals surface area contributed by atoms with E-state index >= 15 is 0 Å². The fraction of sp³-hybridized carbons (Fsp3) is 0.333. The van der Waals surface area contributed by atoms with E-state index in [2.05, 4.69) is 10.6 Å². The molecule has 0 spiro atoms. The van der Waals surface area contributed by atoms with Crippen LogP contribution in [0.15, 0.2) is 48.5 Å². The summed E-state index contributed by atoms with van der Waals surface area (Å²) in [5, 5.41) is 5.70. The Bertz CT molecular complexity index is 742. The molecular weight excluding hydrogens is 344 g/mol. The Morgan fingerprint density at radius 2 is 1.26 bits per heavy atom. The third kappa shape index (κ3) is 7.01. The van der Waals surface area contributed by atoms with Gasteiger partial charge in [0.25, 0.3) is 0 Å². The fourth-order valence-electron chi connectivity index (χ4n) is 2.58. The van der Waals surface area contributed by atoms with Gasteiger partial charge in [0.05, 0.1) is 14.2 Å². The van der Waals surface area contributed by atoms with Crippen molar-refractivity contribution >= 4 is 23.2 Å². The van der Waals surface area contributed by atoms with Gasteiger partial charge in [0, 0.05) is 24.2 Å². The molecule has 0 bridgehead atoms. The Hall–Kier alpha value is -3.02. The summed E-state index contributed by atoms with van der Waals surface area (Å²) in [6.45, 7) is 1.97. The summed E-state index contributed by atoms with van der Waals surface area (Å²) in [5.74, 6) is 1.45. The Labute approximate surface area is 159 Å². The number of hydrogen-bond donors (Lipinski definition) is 2. The van der Waals surface area contributed by atoms with Crippen molar-refractivity contribution in [2.45, 2.75) is 26.2 Å². The van der Waals surface area contributed by atoms with Crippen LogP contribution in [0.5, 0.6) is 11.5 Å². The van der Waals surface area contributed by atoms with Gasteiger partial charge in [-0.2, -0.15) is 0 Å². The average Bonchev–Trinajstić information content (AvgIpc) is 2.67. The highest BCUT2D eigenvalue weighted by molar-refractivity contribution is 5.92. The molecule has 2 rings (SSSR count). The SMILES string of the molecule is COc1ccc(NC(=O)CC[C@H](C)CC(=O)Nc2ccc(OC)cc2)cc1. The molecule has 27 heavy (non-hydrogen) atoms. The van der Waals surface area contributed by atoms with Crippen molar-refractivity contribution in [3.8, 4) is 11.5 Å². The largest absolute Gasteiger partial charge is 0.497 e. The van der Waals surface area contributed by atoms with E-state index < -0.39 is 0 Å². The van der Waals surface area contributed by atoms with Gasteiger partial charge in [0.15, 0.2) is 0 Å². The van der Waals surface area contributed by atoms with E-state index in [1.807, 2.05) is 6.92 Å². The molecule has 2 aromatic carbocycles. The van der Waals surface area contributed by atoms with Gasteiger partial charge in [-0.3, -0.25) is 9.59 Å². The molecule has 0 aliphatic carbocycles. The van der Waals surface area contributed by atoms with Gasteiger partial charge in [-0.15, -0.1) is 0 Å². The molecule has 6 heteroatoms. The van der Waals surface area contributed by atoms with E-state index in [-0.39, 0.29) is 17.7 Å². The normalized spacial score (nSPS) is 11.4. The third-order valence-corrected chi connectivity index (χ3v) is 4.15. The van der Waals surface area contributed by atoms with Crippen LogP contribution in [-0.4, -0.2) is 26.0 Å². The average molecular weight is 370 g/mol. The molecule has 0 aliphatic heterocycles.